The number of hydrogen-bond donors (Lipinski definition) is 1. The van der Waals surface area contributed by atoms with Crippen LogP contribution < -0.4 is 4.90 Å². The molecule has 1 aromatic heterocycles. The van der Waals surface area contributed by atoms with E-state index in [1.54, 1.807) is 18.1 Å². The Kier molecular flexibility index (Phi) is 7.90. The van der Waals surface area contributed by atoms with Crippen LogP contribution in [-0.2, 0) is 9.53 Å². The number of carbonyl (C=O) groups excluding carboxylic acids is 1. The molecular weight excluding hydrogens is 386 g/mol. The number of carbonyl (C=O) groups is 2. The number of ether oxygens (including phenoxy) is 1. The van der Waals surface area contributed by atoms with E-state index in [2.05, 4.69) is 18.8 Å². The quantitative estimate of drug-likeness (QED) is 0.656. The first-order chi connectivity index (χ1) is 13.5. The lowest BCUT2D eigenvalue weighted by atomic mass is 9.82. The van der Waals surface area contributed by atoms with Gasteiger partial charge < -0.3 is 14.7 Å². The highest BCUT2D eigenvalue weighted by molar-refractivity contribution is 7.15. The molecule has 1 aliphatic rings. The maximum atomic E-state index is 13.4. The number of amides is 1. The van der Waals surface area contributed by atoms with Gasteiger partial charge in [0, 0.05) is 18.4 Å². The second kappa shape index (κ2) is 9.77. The van der Waals surface area contributed by atoms with E-state index in [0.29, 0.717) is 23.0 Å². The molecule has 0 bridgehead atoms. The van der Waals surface area contributed by atoms with Crippen molar-refractivity contribution < 1.29 is 19.4 Å². The zero-order valence-corrected chi connectivity index (χ0v) is 19.2. The van der Waals surface area contributed by atoms with Crippen LogP contribution in [-0.4, -0.2) is 36.7 Å². The summed E-state index contributed by atoms with van der Waals surface area (Å²) < 4.78 is 5.39. The summed E-state index contributed by atoms with van der Waals surface area (Å²) in [6.07, 6.45) is 3.55. The lowest BCUT2D eigenvalue weighted by Gasteiger charge is -2.32. The van der Waals surface area contributed by atoms with Gasteiger partial charge in [-0.3, -0.25) is 4.79 Å². The molecule has 1 N–H and O–H groups in total. The molecule has 1 saturated carbocycles. The van der Waals surface area contributed by atoms with Crippen molar-refractivity contribution in [3.8, 4) is 11.8 Å². The zero-order chi connectivity index (χ0) is 21.8. The number of nitrogens with zero attached hydrogens (tertiary/aromatic N) is 1. The summed E-state index contributed by atoms with van der Waals surface area (Å²) in [6.45, 7) is 10.4. The third-order valence-electron chi connectivity index (χ3n) is 5.23. The molecule has 160 valence electrons. The largest absolute Gasteiger partial charge is 0.477 e. The van der Waals surface area contributed by atoms with Gasteiger partial charge in [-0.05, 0) is 65.4 Å². The van der Waals surface area contributed by atoms with Crippen molar-refractivity contribution in [3.05, 3.63) is 15.8 Å². The van der Waals surface area contributed by atoms with E-state index in [4.69, 9.17) is 4.74 Å². The maximum absolute atomic E-state index is 13.4. The first-order valence-corrected chi connectivity index (χ1v) is 11.1. The fourth-order valence-corrected chi connectivity index (χ4v) is 4.27. The van der Waals surface area contributed by atoms with Crippen LogP contribution >= 0.6 is 11.3 Å². The van der Waals surface area contributed by atoms with Gasteiger partial charge in [0.1, 0.15) is 4.88 Å². The number of rotatable bonds is 6. The summed E-state index contributed by atoms with van der Waals surface area (Å²) >= 11 is 1.13. The van der Waals surface area contributed by atoms with E-state index < -0.39 is 5.97 Å². The van der Waals surface area contributed by atoms with Gasteiger partial charge in [-0.25, -0.2) is 4.79 Å². The number of methoxy groups -OCH3 is 1. The van der Waals surface area contributed by atoms with Crippen molar-refractivity contribution in [2.75, 3.05) is 18.6 Å². The van der Waals surface area contributed by atoms with Crippen LogP contribution in [0.5, 0.6) is 0 Å². The third kappa shape index (κ3) is 6.58. The van der Waals surface area contributed by atoms with Crippen LogP contribution in [0.1, 0.15) is 74.9 Å². The molecule has 1 aromatic rings. The highest BCUT2D eigenvalue weighted by Crippen LogP contribution is 2.35. The SMILES string of the molecule is CO[C@H](C)CN(c1cc(C#CC(C)(C)C)sc1C(=O)O)C(=O)[C@H]1CC[C@H](C)CC1. The molecule has 0 aromatic carbocycles. The topological polar surface area (TPSA) is 66.8 Å². The maximum Gasteiger partial charge on any atom is 0.348 e. The minimum atomic E-state index is -1.03. The molecule has 0 aliphatic heterocycles. The van der Waals surface area contributed by atoms with Crippen LogP contribution in [0.25, 0.3) is 0 Å². The first kappa shape index (κ1) is 23.4. The lowest BCUT2D eigenvalue weighted by molar-refractivity contribution is -0.123. The molecule has 1 atom stereocenters. The van der Waals surface area contributed by atoms with E-state index in [9.17, 15) is 14.7 Å². The molecule has 0 unspecified atom stereocenters. The van der Waals surface area contributed by atoms with Crippen molar-refractivity contribution in [3.63, 3.8) is 0 Å². The molecule has 29 heavy (non-hydrogen) atoms. The van der Waals surface area contributed by atoms with E-state index in [0.717, 1.165) is 37.0 Å². The van der Waals surface area contributed by atoms with Crippen LogP contribution in [0.4, 0.5) is 5.69 Å². The highest BCUT2D eigenvalue weighted by atomic mass is 32.1. The Hall–Kier alpha value is -1.84. The average Bonchev–Trinajstić information content (AvgIpc) is 3.08. The minimum Gasteiger partial charge on any atom is -0.477 e. The molecule has 6 heteroatoms. The van der Waals surface area contributed by atoms with Gasteiger partial charge in [-0.15, -0.1) is 11.3 Å². The van der Waals surface area contributed by atoms with Gasteiger partial charge in [-0.2, -0.15) is 0 Å². The van der Waals surface area contributed by atoms with Crippen LogP contribution in [0.3, 0.4) is 0 Å². The predicted molar refractivity (Wildman–Crippen MR) is 118 cm³/mol. The highest BCUT2D eigenvalue weighted by Gasteiger charge is 2.32. The number of carboxylic acids is 1. The summed E-state index contributed by atoms with van der Waals surface area (Å²) in [7, 11) is 1.60. The summed E-state index contributed by atoms with van der Waals surface area (Å²) in [6, 6.07) is 1.75. The number of thiophene rings is 1. The van der Waals surface area contributed by atoms with Gasteiger partial charge in [0.2, 0.25) is 5.91 Å². The second-order valence-electron chi connectivity index (χ2n) is 9.08. The Balaban J connectivity index is 2.43. The van der Waals surface area contributed by atoms with E-state index in [1.165, 1.54) is 0 Å². The molecule has 1 amide bonds. The van der Waals surface area contributed by atoms with Gasteiger partial charge >= 0.3 is 5.97 Å². The Bertz CT molecular complexity index is 788. The molecule has 2 rings (SSSR count). The van der Waals surface area contributed by atoms with Gasteiger partial charge in [0.05, 0.1) is 23.2 Å². The van der Waals surface area contributed by atoms with Gasteiger partial charge in [0.15, 0.2) is 0 Å². The van der Waals surface area contributed by atoms with E-state index in [-0.39, 0.29) is 28.2 Å². The molecular formula is C23H33NO4S. The number of aromatic carboxylic acids is 1. The van der Waals surface area contributed by atoms with Crippen molar-refractivity contribution in [2.45, 2.75) is 66.4 Å². The molecule has 5 nitrogen and oxygen atoms in total. The fourth-order valence-electron chi connectivity index (χ4n) is 3.41. The first-order valence-electron chi connectivity index (χ1n) is 10.3. The van der Waals surface area contributed by atoms with E-state index >= 15 is 0 Å². The Morgan fingerprint density at radius 3 is 2.45 bits per heavy atom. The fraction of sp³-hybridized carbons (Fsp3) is 0.652. The molecule has 1 fully saturated rings. The molecule has 1 heterocycles. The van der Waals surface area contributed by atoms with Crippen LogP contribution in [0.15, 0.2) is 6.07 Å². The predicted octanol–water partition coefficient (Wildman–Crippen LogP) is 5.04. The summed E-state index contributed by atoms with van der Waals surface area (Å²) in [4.78, 5) is 27.8. The Morgan fingerprint density at radius 1 is 1.31 bits per heavy atom. The van der Waals surface area contributed by atoms with Crippen molar-refractivity contribution in [1.29, 1.82) is 0 Å². The zero-order valence-electron chi connectivity index (χ0n) is 18.4. The van der Waals surface area contributed by atoms with Crippen molar-refractivity contribution in [2.24, 2.45) is 17.3 Å². The Labute approximate surface area is 178 Å². The third-order valence-corrected chi connectivity index (χ3v) is 6.26. The summed E-state index contributed by atoms with van der Waals surface area (Å²) in [5.74, 6) is 5.76. The van der Waals surface area contributed by atoms with Crippen molar-refractivity contribution >= 4 is 28.9 Å². The van der Waals surface area contributed by atoms with Gasteiger partial charge in [0.25, 0.3) is 0 Å². The van der Waals surface area contributed by atoms with E-state index in [1.807, 2.05) is 27.7 Å². The molecule has 0 radical (unpaired) electrons. The molecule has 0 spiro atoms. The lowest BCUT2D eigenvalue weighted by Crippen LogP contribution is -2.42. The summed E-state index contributed by atoms with van der Waals surface area (Å²) in [5, 5.41) is 9.77. The average molecular weight is 420 g/mol. The minimum absolute atomic E-state index is 0.00331. The van der Waals surface area contributed by atoms with Gasteiger partial charge in [-0.1, -0.05) is 18.8 Å². The number of anilines is 1. The number of carboxylic acid groups (broad SMARTS) is 1. The number of hydrogen-bond acceptors (Lipinski definition) is 4. The summed E-state index contributed by atoms with van der Waals surface area (Å²) in [5.41, 5.74) is 0.250. The monoisotopic (exact) mass is 419 g/mol. The van der Waals surface area contributed by atoms with Crippen LogP contribution in [0, 0.1) is 29.1 Å². The normalized spacial score (nSPS) is 20.5. The smallest absolute Gasteiger partial charge is 0.348 e. The van der Waals surface area contributed by atoms with Crippen LogP contribution in [0.2, 0.25) is 0 Å². The second-order valence-corrected chi connectivity index (χ2v) is 10.1. The molecule has 0 saturated heterocycles. The standard InChI is InChI=1S/C23H33NO4S/c1-15-7-9-17(10-8-15)21(25)24(14-16(2)28-6)19-13-18(11-12-23(3,4)5)29-20(19)22(26)27/h13,15-17H,7-10,14H2,1-6H3,(H,26,27)/t15-,16-,17-/m1/s1. The molecule has 1 aliphatic carbocycles. The Morgan fingerprint density at radius 2 is 1.93 bits per heavy atom. The van der Waals surface area contributed by atoms with Crippen molar-refractivity contribution in [1.82, 2.24) is 0 Å².